The van der Waals surface area contributed by atoms with E-state index in [1.807, 2.05) is 35.6 Å². The number of benzene rings is 2. The van der Waals surface area contributed by atoms with E-state index in [1.165, 1.54) is 0 Å². The average Bonchev–Trinajstić information content (AvgIpc) is 2.88. The third-order valence-electron chi connectivity index (χ3n) is 3.89. The summed E-state index contributed by atoms with van der Waals surface area (Å²) in [5.41, 5.74) is -0.934. The van der Waals surface area contributed by atoms with Crippen LogP contribution in [0.1, 0.15) is 81.8 Å². The second-order valence-electron chi connectivity index (χ2n) is 6.19. The molecule has 0 saturated carbocycles. The first kappa shape index (κ1) is 10.6. The second-order valence-corrected chi connectivity index (χ2v) is 6.19. The SMILES string of the molecule is [2H]c1c([2H])c(C(O)CNC([2H])([2H])C([2H])([2H])CCC([2H])([2H])C([2H])([2H])OC([2H])([2H])CCCc2ccccc2)c([2H])c(C([2H])([2H])O)c1O. The molecular formula is C25H37NO4. The van der Waals surface area contributed by atoms with Gasteiger partial charge in [0.2, 0.25) is 0 Å². The highest BCUT2D eigenvalue weighted by atomic mass is 16.5. The summed E-state index contributed by atoms with van der Waals surface area (Å²) in [4.78, 5) is 0. The van der Waals surface area contributed by atoms with Gasteiger partial charge in [0.1, 0.15) is 5.75 Å². The van der Waals surface area contributed by atoms with Gasteiger partial charge in [-0.2, -0.15) is 0 Å². The van der Waals surface area contributed by atoms with E-state index in [2.05, 4.69) is 0 Å². The largest absolute Gasteiger partial charge is 0.508 e. The van der Waals surface area contributed by atoms with Gasteiger partial charge in [-0.3, -0.25) is 0 Å². The maximum Gasteiger partial charge on any atom is 0.121 e. The van der Waals surface area contributed by atoms with Gasteiger partial charge in [0, 0.05) is 33.5 Å². The standard InChI is InChI=1S/C25H37NO4/c27-20-23-18-22(13-14-24(23)28)25(29)19-26-15-7-1-2-8-16-30-17-9-6-12-21-10-4-3-5-11-21/h3-5,10-11,13-14,18,25-29H,1-2,6-9,12,15-17,19-20H2/i7D2,8D2,13D,14D,15D2,16D2,17D2,18D,20D2. The number of ether oxygens (including phenoxy) is 1. The Morgan fingerprint density at radius 2 is 1.83 bits per heavy atom. The molecule has 2 aromatic carbocycles. The monoisotopic (exact) mass is 430 g/mol. The van der Waals surface area contributed by atoms with E-state index in [4.69, 9.17) is 25.3 Å². The Morgan fingerprint density at radius 3 is 2.63 bits per heavy atom. The van der Waals surface area contributed by atoms with Gasteiger partial charge in [-0.1, -0.05) is 49.2 Å². The molecule has 30 heavy (non-hydrogen) atoms. The molecule has 0 amide bonds. The number of hydrogen-bond acceptors (Lipinski definition) is 5. The Labute approximate surface area is 201 Å². The molecule has 2 rings (SSSR count). The molecule has 0 saturated heterocycles. The first-order chi connectivity index (χ1) is 20.3. The topological polar surface area (TPSA) is 82.0 Å². The van der Waals surface area contributed by atoms with Crippen LogP contribution in [0.25, 0.3) is 0 Å². The third kappa shape index (κ3) is 9.72. The molecule has 2 aromatic rings. The molecule has 1 atom stereocenters. The van der Waals surface area contributed by atoms with Crippen LogP contribution in [0, 0.1) is 0 Å². The van der Waals surface area contributed by atoms with Gasteiger partial charge in [-0.05, 0) is 61.7 Å². The number of hydrogen-bond donors (Lipinski definition) is 4. The molecule has 5 heteroatoms. The number of rotatable bonds is 16. The van der Waals surface area contributed by atoms with Gasteiger partial charge < -0.3 is 25.4 Å². The fraction of sp³-hybridized carbons (Fsp3) is 0.520. The molecule has 0 aliphatic heterocycles. The summed E-state index contributed by atoms with van der Waals surface area (Å²) in [6, 6.07) is 6.15. The van der Waals surface area contributed by atoms with Gasteiger partial charge >= 0.3 is 0 Å². The van der Waals surface area contributed by atoms with E-state index in [0.29, 0.717) is 6.42 Å². The van der Waals surface area contributed by atoms with Crippen LogP contribution >= 0.6 is 0 Å². The maximum absolute atomic E-state index is 10.6. The molecule has 0 bridgehead atoms. The Balaban J connectivity index is 2.09. The van der Waals surface area contributed by atoms with Crippen LogP contribution in [0.2, 0.25) is 0 Å². The Kier molecular flexibility index (Phi) is 5.29. The molecule has 0 aliphatic carbocycles. The molecule has 4 N–H and O–H groups in total. The van der Waals surface area contributed by atoms with E-state index < -0.39 is 99.4 Å². The normalized spacial score (nSPS) is 22.4. The molecule has 0 aliphatic rings. The maximum atomic E-state index is 10.6. The fourth-order valence-corrected chi connectivity index (χ4v) is 2.35. The van der Waals surface area contributed by atoms with Crippen molar-refractivity contribution in [2.75, 3.05) is 26.2 Å². The first-order valence-corrected chi connectivity index (χ1v) is 9.49. The summed E-state index contributed by atoms with van der Waals surface area (Å²) in [7, 11) is 0. The zero-order valence-electron chi connectivity index (χ0n) is 31.5. The highest BCUT2D eigenvalue weighted by molar-refractivity contribution is 5.36. The van der Waals surface area contributed by atoms with E-state index in [-0.39, 0.29) is 12.8 Å². The van der Waals surface area contributed by atoms with Crippen LogP contribution in [0.15, 0.2) is 48.5 Å². The molecule has 0 aromatic heterocycles. The Bertz CT molecular complexity index is 1300. The number of aromatic hydroxyl groups is 1. The smallest absolute Gasteiger partial charge is 0.121 e. The Morgan fingerprint density at radius 1 is 1.03 bits per heavy atom. The third-order valence-corrected chi connectivity index (χ3v) is 3.89. The predicted molar refractivity (Wildman–Crippen MR) is 121 cm³/mol. The quantitative estimate of drug-likeness (QED) is 0.322. The molecule has 0 spiro atoms. The van der Waals surface area contributed by atoms with Crippen LogP contribution in [0.3, 0.4) is 0 Å². The molecule has 1 unspecified atom stereocenters. The second kappa shape index (κ2) is 15.0. The van der Waals surface area contributed by atoms with Gasteiger partial charge in [-0.15, -0.1) is 0 Å². The van der Waals surface area contributed by atoms with Gasteiger partial charge in [0.25, 0.3) is 0 Å². The zero-order valence-corrected chi connectivity index (χ0v) is 16.5. The van der Waals surface area contributed by atoms with Crippen LogP contribution in [-0.4, -0.2) is 41.5 Å². The lowest BCUT2D eigenvalue weighted by Crippen LogP contribution is -2.22. The highest BCUT2D eigenvalue weighted by Crippen LogP contribution is 2.22. The van der Waals surface area contributed by atoms with Crippen molar-refractivity contribution in [1.29, 1.82) is 0 Å². The Hall–Kier alpha value is -1.92. The molecule has 0 fully saturated rings. The van der Waals surface area contributed by atoms with Crippen molar-refractivity contribution in [1.82, 2.24) is 5.32 Å². The van der Waals surface area contributed by atoms with E-state index >= 15 is 0 Å². The van der Waals surface area contributed by atoms with Crippen molar-refractivity contribution in [3.63, 3.8) is 0 Å². The van der Waals surface area contributed by atoms with Crippen molar-refractivity contribution in [3.05, 3.63) is 65.1 Å². The summed E-state index contributed by atoms with van der Waals surface area (Å²) < 4.78 is 125. The van der Waals surface area contributed by atoms with Crippen LogP contribution in [0.4, 0.5) is 0 Å². The predicted octanol–water partition coefficient (Wildman–Crippen LogP) is 4.11. The van der Waals surface area contributed by atoms with Gasteiger partial charge in [0.15, 0.2) is 0 Å². The average molecular weight is 431 g/mol. The van der Waals surface area contributed by atoms with Crippen molar-refractivity contribution < 1.29 is 40.6 Å². The van der Waals surface area contributed by atoms with Crippen molar-refractivity contribution in [2.45, 2.75) is 57.5 Å². The number of aliphatic hydroxyl groups is 2. The van der Waals surface area contributed by atoms with Crippen LogP contribution < -0.4 is 5.32 Å². The molecular weight excluding hydrogens is 378 g/mol. The molecule has 0 radical (unpaired) electrons. The molecule has 0 heterocycles. The number of aliphatic hydroxyl groups excluding tert-OH is 1. The first-order valence-electron chi connectivity index (χ1n) is 17.0. The summed E-state index contributed by atoms with van der Waals surface area (Å²) in [5.74, 6) is -1.20. The van der Waals surface area contributed by atoms with Gasteiger partial charge in [0.05, 0.1) is 25.0 Å². The van der Waals surface area contributed by atoms with Crippen molar-refractivity contribution in [3.8, 4) is 5.75 Å². The lowest BCUT2D eigenvalue weighted by atomic mass is 10.1. The minimum Gasteiger partial charge on any atom is -0.508 e. The van der Waals surface area contributed by atoms with E-state index in [1.54, 1.807) is 0 Å². The van der Waals surface area contributed by atoms with E-state index in [9.17, 15) is 15.3 Å². The number of nitrogens with one attached hydrogen (secondary N) is 1. The lowest BCUT2D eigenvalue weighted by molar-refractivity contribution is 0.126. The number of phenols is 1. The summed E-state index contributed by atoms with van der Waals surface area (Å²) in [5, 5.41) is 32.3. The zero-order chi connectivity index (χ0) is 34.8. The minimum absolute atomic E-state index is 0.264. The van der Waals surface area contributed by atoms with Crippen molar-refractivity contribution in [2.24, 2.45) is 0 Å². The number of aryl methyl sites for hydroxylation is 1. The molecule has 166 valence electrons. The van der Waals surface area contributed by atoms with Crippen LogP contribution in [-0.2, 0) is 17.7 Å². The minimum atomic E-state index is -3.34. The van der Waals surface area contributed by atoms with E-state index in [0.717, 1.165) is 5.56 Å². The van der Waals surface area contributed by atoms with Gasteiger partial charge in [-0.25, -0.2) is 0 Å². The summed E-state index contributed by atoms with van der Waals surface area (Å²) in [6.45, 7) is -13.1. The molecule has 5 nitrogen and oxygen atoms in total. The summed E-state index contributed by atoms with van der Waals surface area (Å²) in [6.07, 6.45) is -9.39. The van der Waals surface area contributed by atoms with Crippen LogP contribution in [0.5, 0.6) is 5.75 Å². The van der Waals surface area contributed by atoms with Crippen molar-refractivity contribution >= 4 is 0 Å². The summed E-state index contributed by atoms with van der Waals surface area (Å²) >= 11 is 0. The highest BCUT2D eigenvalue weighted by Gasteiger charge is 2.09. The fourth-order valence-electron chi connectivity index (χ4n) is 2.35. The lowest BCUT2D eigenvalue weighted by Gasteiger charge is -2.14.